The third-order valence-electron chi connectivity index (χ3n) is 5.37. The Bertz CT molecular complexity index is 839. The van der Waals surface area contributed by atoms with Crippen molar-refractivity contribution < 1.29 is 4.79 Å². The van der Waals surface area contributed by atoms with Crippen LogP contribution in [-0.2, 0) is 13.0 Å². The third-order valence-corrected chi connectivity index (χ3v) is 5.37. The molecule has 4 rings (SSSR count). The van der Waals surface area contributed by atoms with Crippen molar-refractivity contribution in [1.29, 1.82) is 5.26 Å². The fourth-order valence-corrected chi connectivity index (χ4v) is 3.96. The van der Waals surface area contributed by atoms with Crippen molar-refractivity contribution in [3.63, 3.8) is 0 Å². The minimum absolute atomic E-state index is 0.0389. The second kappa shape index (κ2) is 6.70. The lowest BCUT2D eigenvalue weighted by Gasteiger charge is -2.33. The zero-order valence-corrected chi connectivity index (χ0v) is 14.2. The molecule has 126 valence electrons. The summed E-state index contributed by atoms with van der Waals surface area (Å²) in [7, 11) is 0. The summed E-state index contributed by atoms with van der Waals surface area (Å²) in [6, 6.07) is 18.2. The van der Waals surface area contributed by atoms with Crippen LogP contribution in [0.1, 0.15) is 33.5 Å². The second-order valence-electron chi connectivity index (χ2n) is 6.88. The lowest BCUT2D eigenvalue weighted by molar-refractivity contribution is 0.0773. The van der Waals surface area contributed by atoms with Crippen molar-refractivity contribution in [3.05, 3.63) is 70.8 Å². The maximum Gasteiger partial charge on any atom is 0.253 e. The Balaban J connectivity index is 1.43. The highest BCUT2D eigenvalue weighted by molar-refractivity contribution is 5.94. The lowest BCUT2D eigenvalue weighted by atomic mass is 9.98. The molecule has 1 saturated heterocycles. The molecule has 2 aromatic rings. The van der Waals surface area contributed by atoms with E-state index in [0.29, 0.717) is 17.2 Å². The van der Waals surface area contributed by atoms with E-state index in [9.17, 15) is 4.79 Å². The highest BCUT2D eigenvalue weighted by Crippen LogP contribution is 2.25. The van der Waals surface area contributed by atoms with E-state index in [4.69, 9.17) is 5.26 Å². The summed E-state index contributed by atoms with van der Waals surface area (Å²) < 4.78 is 0. The van der Waals surface area contributed by atoms with Gasteiger partial charge in [0, 0.05) is 37.8 Å². The number of hydrogen-bond acceptors (Lipinski definition) is 3. The van der Waals surface area contributed by atoms with E-state index in [1.54, 1.807) is 24.3 Å². The van der Waals surface area contributed by atoms with Gasteiger partial charge in [-0.1, -0.05) is 30.3 Å². The number of hydrogen-bond donors (Lipinski definition) is 0. The molecule has 25 heavy (non-hydrogen) atoms. The van der Waals surface area contributed by atoms with Crippen LogP contribution in [0.15, 0.2) is 48.5 Å². The van der Waals surface area contributed by atoms with Gasteiger partial charge in [-0.05, 0) is 42.2 Å². The van der Waals surface area contributed by atoms with Crippen LogP contribution in [-0.4, -0.2) is 41.4 Å². The molecule has 4 nitrogen and oxygen atoms in total. The minimum Gasteiger partial charge on any atom is -0.337 e. The molecular weight excluding hydrogens is 310 g/mol. The maximum absolute atomic E-state index is 12.7. The average Bonchev–Trinajstić information content (AvgIpc) is 3.17. The molecule has 0 aromatic heterocycles. The van der Waals surface area contributed by atoms with E-state index >= 15 is 0 Å². The minimum atomic E-state index is 0.0389. The topological polar surface area (TPSA) is 47.3 Å². The van der Waals surface area contributed by atoms with Crippen molar-refractivity contribution in [1.82, 2.24) is 9.80 Å². The standard InChI is InChI=1S/C21H21N3O/c22-13-16-4-3-7-18(12-16)21(25)24-11-9-20(15-24)23-10-8-17-5-1-2-6-19(17)14-23/h1-7,12,20H,8-11,14-15H2. The van der Waals surface area contributed by atoms with Gasteiger partial charge in [0.15, 0.2) is 0 Å². The Kier molecular flexibility index (Phi) is 4.25. The highest BCUT2D eigenvalue weighted by atomic mass is 16.2. The normalized spacial score (nSPS) is 20.1. The molecule has 4 heteroatoms. The molecule has 0 bridgehead atoms. The van der Waals surface area contributed by atoms with Crippen molar-refractivity contribution in [2.75, 3.05) is 19.6 Å². The number of fused-ring (bicyclic) bond motifs is 1. The SMILES string of the molecule is N#Cc1cccc(C(=O)N2CCC(N3CCc4ccccc4C3)C2)c1. The zero-order valence-electron chi connectivity index (χ0n) is 14.2. The predicted molar refractivity (Wildman–Crippen MR) is 96.0 cm³/mol. The van der Waals surface area contributed by atoms with Gasteiger partial charge in [0.05, 0.1) is 11.6 Å². The van der Waals surface area contributed by atoms with Crippen molar-refractivity contribution >= 4 is 5.91 Å². The Labute approximate surface area is 148 Å². The maximum atomic E-state index is 12.7. The van der Waals surface area contributed by atoms with Gasteiger partial charge in [0.25, 0.3) is 5.91 Å². The first-order valence-electron chi connectivity index (χ1n) is 8.85. The molecule has 2 heterocycles. The fourth-order valence-electron chi connectivity index (χ4n) is 3.96. The van der Waals surface area contributed by atoms with Gasteiger partial charge in [-0.3, -0.25) is 9.69 Å². The summed E-state index contributed by atoms with van der Waals surface area (Å²) in [5.41, 5.74) is 4.02. The third kappa shape index (κ3) is 3.16. The van der Waals surface area contributed by atoms with E-state index in [1.807, 2.05) is 4.90 Å². The zero-order chi connectivity index (χ0) is 17.2. The van der Waals surface area contributed by atoms with E-state index in [1.165, 1.54) is 11.1 Å². The van der Waals surface area contributed by atoms with E-state index in [2.05, 4.69) is 35.2 Å². The largest absolute Gasteiger partial charge is 0.337 e. The first kappa shape index (κ1) is 15.9. The predicted octanol–water partition coefficient (Wildman–Crippen LogP) is 2.83. The van der Waals surface area contributed by atoms with Gasteiger partial charge in [-0.2, -0.15) is 5.26 Å². The van der Waals surface area contributed by atoms with Crippen LogP contribution in [0.3, 0.4) is 0 Å². The molecule has 0 N–H and O–H groups in total. The van der Waals surface area contributed by atoms with Crippen LogP contribution in [0.25, 0.3) is 0 Å². The number of nitrogens with zero attached hydrogens (tertiary/aromatic N) is 3. The van der Waals surface area contributed by atoms with Crippen LogP contribution in [0.5, 0.6) is 0 Å². The molecule has 0 spiro atoms. The van der Waals surface area contributed by atoms with Crippen LogP contribution >= 0.6 is 0 Å². The molecule has 1 fully saturated rings. The molecular formula is C21H21N3O. The van der Waals surface area contributed by atoms with Gasteiger partial charge < -0.3 is 4.90 Å². The molecule has 1 unspecified atom stereocenters. The number of likely N-dealkylation sites (tertiary alicyclic amines) is 1. The average molecular weight is 331 g/mol. The van der Waals surface area contributed by atoms with E-state index in [0.717, 1.165) is 39.0 Å². The molecule has 1 atom stereocenters. The first-order valence-corrected chi connectivity index (χ1v) is 8.85. The highest BCUT2D eigenvalue weighted by Gasteiger charge is 2.32. The van der Waals surface area contributed by atoms with Crippen LogP contribution in [0, 0.1) is 11.3 Å². The van der Waals surface area contributed by atoms with Gasteiger partial charge in [-0.15, -0.1) is 0 Å². The molecule has 0 aliphatic carbocycles. The monoisotopic (exact) mass is 331 g/mol. The molecule has 0 radical (unpaired) electrons. The van der Waals surface area contributed by atoms with Crippen LogP contribution in [0.2, 0.25) is 0 Å². The smallest absolute Gasteiger partial charge is 0.253 e. The summed E-state index contributed by atoms with van der Waals surface area (Å²) in [6.07, 6.45) is 2.11. The molecule has 2 aromatic carbocycles. The number of rotatable bonds is 2. The first-order chi connectivity index (χ1) is 12.2. The molecule has 2 aliphatic heterocycles. The van der Waals surface area contributed by atoms with Crippen LogP contribution in [0.4, 0.5) is 0 Å². The summed E-state index contributed by atoms with van der Waals surface area (Å²) >= 11 is 0. The number of benzene rings is 2. The molecule has 1 amide bonds. The number of nitriles is 1. The van der Waals surface area contributed by atoms with E-state index in [-0.39, 0.29) is 5.91 Å². The second-order valence-corrected chi connectivity index (χ2v) is 6.88. The summed E-state index contributed by atoms with van der Waals surface area (Å²) in [6.45, 7) is 3.61. The fraction of sp³-hybridized carbons (Fsp3) is 0.333. The Morgan fingerprint density at radius 1 is 1.08 bits per heavy atom. The Morgan fingerprint density at radius 3 is 2.76 bits per heavy atom. The summed E-state index contributed by atoms with van der Waals surface area (Å²) in [4.78, 5) is 17.2. The van der Waals surface area contributed by atoms with Gasteiger partial charge >= 0.3 is 0 Å². The van der Waals surface area contributed by atoms with Crippen molar-refractivity contribution in [3.8, 4) is 6.07 Å². The van der Waals surface area contributed by atoms with Gasteiger partial charge in [0.2, 0.25) is 0 Å². The Hall–Kier alpha value is -2.64. The van der Waals surface area contributed by atoms with Gasteiger partial charge in [-0.25, -0.2) is 0 Å². The summed E-state index contributed by atoms with van der Waals surface area (Å²) in [5, 5.41) is 9.02. The summed E-state index contributed by atoms with van der Waals surface area (Å²) in [5.74, 6) is 0.0389. The quantitative estimate of drug-likeness (QED) is 0.850. The number of carbonyl (C=O) groups is 1. The number of amides is 1. The van der Waals surface area contributed by atoms with Crippen molar-refractivity contribution in [2.24, 2.45) is 0 Å². The number of carbonyl (C=O) groups excluding carboxylic acids is 1. The Morgan fingerprint density at radius 2 is 1.92 bits per heavy atom. The van der Waals surface area contributed by atoms with Gasteiger partial charge in [0.1, 0.15) is 0 Å². The van der Waals surface area contributed by atoms with Crippen LogP contribution < -0.4 is 0 Å². The molecule has 0 saturated carbocycles. The van der Waals surface area contributed by atoms with E-state index < -0.39 is 0 Å². The molecule has 2 aliphatic rings. The van der Waals surface area contributed by atoms with Crippen molar-refractivity contribution in [2.45, 2.75) is 25.4 Å². The lowest BCUT2D eigenvalue weighted by Crippen LogP contribution is -2.41.